The first-order valence-electron chi connectivity index (χ1n) is 6.00. The molecular formula is C12H20ClN3O. The summed E-state index contributed by atoms with van der Waals surface area (Å²) in [5, 5.41) is 3.68. The largest absolute Gasteiger partial charge is 0.342 e. The topological polar surface area (TPSA) is 38.1 Å². The van der Waals surface area contributed by atoms with Gasteiger partial charge in [-0.25, -0.2) is 0 Å². The van der Waals surface area contributed by atoms with Crippen LogP contribution in [-0.4, -0.2) is 33.7 Å². The number of alkyl halides is 1. The first-order valence-corrected chi connectivity index (χ1v) is 6.43. The van der Waals surface area contributed by atoms with Gasteiger partial charge in [0.05, 0.1) is 5.69 Å². The minimum absolute atomic E-state index is 0.0423. The Morgan fingerprint density at radius 2 is 2.06 bits per heavy atom. The molecule has 17 heavy (non-hydrogen) atoms. The third-order valence-corrected chi connectivity index (χ3v) is 3.26. The molecule has 1 aromatic heterocycles. The number of aryl methyl sites for hydroxylation is 2. The maximum absolute atomic E-state index is 12.1. The summed E-state index contributed by atoms with van der Waals surface area (Å²) in [4.78, 5) is 13.9. The first-order chi connectivity index (χ1) is 8.04. The van der Waals surface area contributed by atoms with Crippen LogP contribution in [0, 0.1) is 0 Å². The van der Waals surface area contributed by atoms with Crippen LogP contribution < -0.4 is 0 Å². The molecule has 0 fully saturated rings. The lowest BCUT2D eigenvalue weighted by Crippen LogP contribution is -2.33. The Morgan fingerprint density at radius 3 is 2.53 bits per heavy atom. The number of hydrogen-bond donors (Lipinski definition) is 0. The van der Waals surface area contributed by atoms with Crippen molar-refractivity contribution in [3.05, 3.63) is 17.5 Å². The fourth-order valence-corrected chi connectivity index (χ4v) is 2.19. The molecule has 0 radical (unpaired) electrons. The molecule has 0 aliphatic rings. The molecule has 96 valence electrons. The van der Waals surface area contributed by atoms with Gasteiger partial charge >= 0.3 is 0 Å². The summed E-state index contributed by atoms with van der Waals surface area (Å²) in [5.74, 6) is -0.0423. The summed E-state index contributed by atoms with van der Waals surface area (Å²) >= 11 is 6.26. The van der Waals surface area contributed by atoms with E-state index in [4.69, 9.17) is 11.6 Å². The van der Waals surface area contributed by atoms with Crippen LogP contribution in [0.5, 0.6) is 0 Å². The molecule has 0 saturated carbocycles. The van der Waals surface area contributed by atoms with Gasteiger partial charge in [-0.1, -0.05) is 6.92 Å². The molecule has 1 aromatic rings. The summed E-state index contributed by atoms with van der Waals surface area (Å²) < 4.78 is 1.71. The Labute approximate surface area is 108 Å². The average Bonchev–Trinajstić information content (AvgIpc) is 2.70. The van der Waals surface area contributed by atoms with Crippen molar-refractivity contribution < 1.29 is 4.79 Å². The zero-order chi connectivity index (χ0) is 13.0. The van der Waals surface area contributed by atoms with Gasteiger partial charge in [0.2, 0.25) is 5.91 Å². The smallest absolute Gasteiger partial charge is 0.245 e. The van der Waals surface area contributed by atoms with Crippen molar-refractivity contribution in [2.24, 2.45) is 7.05 Å². The standard InChI is InChI=1S/C12H20ClN3O/c1-5-10-9(8-15(4)14-10)11(13)12(17)16(6-2)7-3/h8,11H,5-7H2,1-4H3. The number of rotatable bonds is 5. The highest BCUT2D eigenvalue weighted by Gasteiger charge is 2.25. The number of amides is 1. The van der Waals surface area contributed by atoms with E-state index in [1.807, 2.05) is 34.0 Å². The van der Waals surface area contributed by atoms with Gasteiger partial charge < -0.3 is 4.90 Å². The zero-order valence-electron chi connectivity index (χ0n) is 10.9. The second-order valence-corrected chi connectivity index (χ2v) is 4.37. The number of halogens is 1. The molecule has 1 atom stereocenters. The minimum atomic E-state index is -0.626. The van der Waals surface area contributed by atoms with E-state index in [1.54, 1.807) is 9.58 Å². The molecule has 0 aromatic carbocycles. The van der Waals surface area contributed by atoms with Gasteiger partial charge in [0.1, 0.15) is 5.38 Å². The fourth-order valence-electron chi connectivity index (χ4n) is 1.87. The molecule has 1 heterocycles. The second kappa shape index (κ2) is 6.05. The quantitative estimate of drug-likeness (QED) is 0.758. The average molecular weight is 258 g/mol. The van der Waals surface area contributed by atoms with Crippen molar-refractivity contribution in [2.45, 2.75) is 32.6 Å². The van der Waals surface area contributed by atoms with Crippen molar-refractivity contribution in [1.82, 2.24) is 14.7 Å². The molecular weight excluding hydrogens is 238 g/mol. The van der Waals surface area contributed by atoms with E-state index in [0.29, 0.717) is 13.1 Å². The van der Waals surface area contributed by atoms with Crippen molar-refractivity contribution in [1.29, 1.82) is 0 Å². The van der Waals surface area contributed by atoms with Crippen LogP contribution in [0.2, 0.25) is 0 Å². The van der Waals surface area contributed by atoms with Crippen LogP contribution in [0.25, 0.3) is 0 Å². The van der Waals surface area contributed by atoms with Gasteiger partial charge in [-0.2, -0.15) is 5.10 Å². The molecule has 0 aliphatic carbocycles. The molecule has 0 bridgehead atoms. The van der Waals surface area contributed by atoms with Gasteiger partial charge in [-0.05, 0) is 20.3 Å². The van der Waals surface area contributed by atoms with E-state index in [2.05, 4.69) is 5.10 Å². The maximum Gasteiger partial charge on any atom is 0.245 e. The summed E-state index contributed by atoms with van der Waals surface area (Å²) in [7, 11) is 1.84. The van der Waals surface area contributed by atoms with Gasteiger partial charge in [-0.15, -0.1) is 11.6 Å². The molecule has 0 aliphatic heterocycles. The van der Waals surface area contributed by atoms with E-state index < -0.39 is 5.38 Å². The summed E-state index contributed by atoms with van der Waals surface area (Å²) in [6.45, 7) is 7.28. The van der Waals surface area contributed by atoms with E-state index >= 15 is 0 Å². The first kappa shape index (κ1) is 14.0. The Balaban J connectivity index is 2.94. The van der Waals surface area contributed by atoms with Crippen molar-refractivity contribution in [3.8, 4) is 0 Å². The van der Waals surface area contributed by atoms with Gasteiger partial charge in [-0.3, -0.25) is 9.48 Å². The third kappa shape index (κ3) is 3.00. The lowest BCUT2D eigenvalue weighted by Gasteiger charge is -2.21. The number of hydrogen-bond acceptors (Lipinski definition) is 2. The predicted molar refractivity (Wildman–Crippen MR) is 69.1 cm³/mol. The maximum atomic E-state index is 12.1. The summed E-state index contributed by atoms with van der Waals surface area (Å²) in [6, 6.07) is 0. The third-order valence-electron chi connectivity index (χ3n) is 2.84. The normalized spacial score (nSPS) is 12.5. The van der Waals surface area contributed by atoms with Crippen LogP contribution in [0.4, 0.5) is 0 Å². The van der Waals surface area contributed by atoms with E-state index in [0.717, 1.165) is 17.7 Å². The Morgan fingerprint density at radius 1 is 1.47 bits per heavy atom. The van der Waals surface area contributed by atoms with Crippen LogP contribution in [0.15, 0.2) is 6.20 Å². The van der Waals surface area contributed by atoms with Gasteiger partial charge in [0.25, 0.3) is 0 Å². The number of carbonyl (C=O) groups excluding carboxylic acids is 1. The Hall–Kier alpha value is -1.03. The SMILES string of the molecule is CCc1nn(C)cc1C(Cl)C(=O)N(CC)CC. The van der Waals surface area contributed by atoms with Crippen LogP contribution >= 0.6 is 11.6 Å². The number of carbonyl (C=O) groups is 1. The van der Waals surface area contributed by atoms with E-state index in [-0.39, 0.29) is 5.91 Å². The molecule has 1 rings (SSSR count). The Kier molecular flexibility index (Phi) is 5.00. The highest BCUT2D eigenvalue weighted by Crippen LogP contribution is 2.25. The van der Waals surface area contributed by atoms with Crippen LogP contribution in [0.3, 0.4) is 0 Å². The van der Waals surface area contributed by atoms with E-state index in [9.17, 15) is 4.79 Å². The molecule has 0 saturated heterocycles. The summed E-state index contributed by atoms with van der Waals surface area (Å²) in [6.07, 6.45) is 2.61. The van der Waals surface area contributed by atoms with Crippen molar-refractivity contribution in [2.75, 3.05) is 13.1 Å². The molecule has 5 heteroatoms. The van der Waals surface area contributed by atoms with Crippen LogP contribution in [-0.2, 0) is 18.3 Å². The lowest BCUT2D eigenvalue weighted by molar-refractivity contribution is -0.130. The van der Waals surface area contributed by atoms with E-state index in [1.165, 1.54) is 0 Å². The van der Waals surface area contributed by atoms with Gasteiger partial charge in [0.15, 0.2) is 0 Å². The predicted octanol–water partition coefficient (Wildman–Crippen LogP) is 2.13. The molecule has 1 unspecified atom stereocenters. The van der Waals surface area contributed by atoms with Gasteiger partial charge in [0, 0.05) is 31.9 Å². The number of aromatic nitrogens is 2. The molecule has 0 spiro atoms. The number of nitrogens with zero attached hydrogens (tertiary/aromatic N) is 3. The fraction of sp³-hybridized carbons (Fsp3) is 0.667. The summed E-state index contributed by atoms with van der Waals surface area (Å²) in [5.41, 5.74) is 1.72. The minimum Gasteiger partial charge on any atom is -0.342 e. The highest BCUT2D eigenvalue weighted by molar-refractivity contribution is 6.30. The van der Waals surface area contributed by atoms with Crippen molar-refractivity contribution >= 4 is 17.5 Å². The zero-order valence-corrected chi connectivity index (χ0v) is 11.7. The molecule has 0 N–H and O–H groups in total. The van der Waals surface area contributed by atoms with Crippen LogP contribution in [0.1, 0.15) is 37.4 Å². The number of likely N-dealkylation sites (N-methyl/N-ethyl adjacent to an activating group) is 1. The molecule has 4 nitrogen and oxygen atoms in total. The monoisotopic (exact) mass is 257 g/mol. The highest BCUT2D eigenvalue weighted by atomic mass is 35.5. The lowest BCUT2D eigenvalue weighted by atomic mass is 10.1. The van der Waals surface area contributed by atoms with Crippen molar-refractivity contribution in [3.63, 3.8) is 0 Å². The Bertz CT molecular complexity index is 385. The second-order valence-electron chi connectivity index (χ2n) is 3.93. The molecule has 1 amide bonds.